The van der Waals surface area contributed by atoms with Crippen molar-refractivity contribution in [2.24, 2.45) is 0 Å². The summed E-state index contributed by atoms with van der Waals surface area (Å²) in [6.45, 7) is 0. The maximum Gasteiger partial charge on any atom is 0.152 e. The monoisotopic (exact) mass is 227 g/mol. The molecular weight excluding hydrogens is 214 g/mol. The SMILES string of the molecule is O=S1(=O)CCC(Nc2ccccc2O)C1. The molecule has 1 atom stereocenters. The van der Waals surface area contributed by atoms with Gasteiger partial charge >= 0.3 is 0 Å². The Morgan fingerprint density at radius 2 is 2.07 bits per heavy atom. The van der Waals surface area contributed by atoms with E-state index in [4.69, 9.17) is 0 Å². The number of phenolic OH excluding ortho intramolecular Hbond substituents is 1. The third kappa shape index (κ3) is 2.41. The zero-order chi connectivity index (χ0) is 10.9. The molecular formula is C10H13NO3S. The quantitative estimate of drug-likeness (QED) is 0.739. The van der Waals surface area contributed by atoms with E-state index in [1.165, 1.54) is 0 Å². The zero-order valence-electron chi connectivity index (χ0n) is 8.18. The number of anilines is 1. The van der Waals surface area contributed by atoms with Crippen LogP contribution in [0.4, 0.5) is 5.69 Å². The van der Waals surface area contributed by atoms with Crippen molar-refractivity contribution >= 4 is 15.5 Å². The standard InChI is InChI=1S/C10H13NO3S/c12-10-4-2-1-3-9(10)11-8-5-6-15(13,14)7-8/h1-4,8,11-12H,5-7H2. The lowest BCUT2D eigenvalue weighted by Crippen LogP contribution is -2.20. The maximum absolute atomic E-state index is 11.2. The molecule has 0 spiro atoms. The molecule has 2 N–H and O–H groups in total. The van der Waals surface area contributed by atoms with Crippen LogP contribution in [0.15, 0.2) is 24.3 Å². The highest BCUT2D eigenvalue weighted by Gasteiger charge is 2.27. The van der Waals surface area contributed by atoms with E-state index in [9.17, 15) is 13.5 Å². The van der Waals surface area contributed by atoms with Gasteiger partial charge in [-0.05, 0) is 18.6 Å². The van der Waals surface area contributed by atoms with Crippen LogP contribution in [0.2, 0.25) is 0 Å². The Hall–Kier alpha value is -1.23. The number of phenols is 1. The molecule has 82 valence electrons. The van der Waals surface area contributed by atoms with Crippen molar-refractivity contribution in [2.75, 3.05) is 16.8 Å². The highest BCUT2D eigenvalue weighted by molar-refractivity contribution is 7.91. The van der Waals surface area contributed by atoms with Crippen molar-refractivity contribution in [3.8, 4) is 5.75 Å². The molecule has 2 rings (SSSR count). The van der Waals surface area contributed by atoms with Gasteiger partial charge in [-0.1, -0.05) is 12.1 Å². The minimum Gasteiger partial charge on any atom is -0.506 e. The Balaban J connectivity index is 2.08. The van der Waals surface area contributed by atoms with Crippen LogP contribution in [-0.4, -0.2) is 31.1 Å². The largest absolute Gasteiger partial charge is 0.506 e. The number of para-hydroxylation sites is 2. The molecule has 1 aromatic rings. The van der Waals surface area contributed by atoms with Gasteiger partial charge in [-0.3, -0.25) is 0 Å². The predicted octanol–water partition coefficient (Wildman–Crippen LogP) is 0.991. The van der Waals surface area contributed by atoms with Crippen molar-refractivity contribution < 1.29 is 13.5 Å². The van der Waals surface area contributed by atoms with E-state index < -0.39 is 9.84 Å². The lowest BCUT2D eigenvalue weighted by molar-refractivity contribution is 0.476. The predicted molar refractivity (Wildman–Crippen MR) is 58.8 cm³/mol. The molecule has 4 nitrogen and oxygen atoms in total. The number of benzene rings is 1. The van der Waals surface area contributed by atoms with Gasteiger partial charge in [0.15, 0.2) is 9.84 Å². The van der Waals surface area contributed by atoms with Crippen molar-refractivity contribution in [2.45, 2.75) is 12.5 Å². The molecule has 1 heterocycles. The van der Waals surface area contributed by atoms with Crippen LogP contribution >= 0.6 is 0 Å². The maximum atomic E-state index is 11.2. The summed E-state index contributed by atoms with van der Waals surface area (Å²) in [5, 5.41) is 12.5. The highest BCUT2D eigenvalue weighted by atomic mass is 32.2. The van der Waals surface area contributed by atoms with Gasteiger partial charge in [0, 0.05) is 6.04 Å². The van der Waals surface area contributed by atoms with E-state index in [1.54, 1.807) is 24.3 Å². The van der Waals surface area contributed by atoms with Gasteiger partial charge < -0.3 is 10.4 Å². The summed E-state index contributed by atoms with van der Waals surface area (Å²) in [5.41, 5.74) is 0.597. The fraction of sp³-hybridized carbons (Fsp3) is 0.400. The number of nitrogens with one attached hydrogen (secondary N) is 1. The van der Waals surface area contributed by atoms with Crippen LogP contribution in [-0.2, 0) is 9.84 Å². The minimum atomic E-state index is -2.87. The number of hydrogen-bond acceptors (Lipinski definition) is 4. The highest BCUT2D eigenvalue weighted by Crippen LogP contribution is 2.25. The molecule has 1 aliphatic heterocycles. The normalized spacial score (nSPS) is 23.9. The molecule has 5 heteroatoms. The smallest absolute Gasteiger partial charge is 0.152 e. The molecule has 0 amide bonds. The molecule has 1 aliphatic rings. The third-order valence-electron chi connectivity index (χ3n) is 2.50. The second-order valence-corrected chi connectivity index (χ2v) is 5.99. The van der Waals surface area contributed by atoms with Gasteiger partial charge in [0.2, 0.25) is 0 Å². The van der Waals surface area contributed by atoms with Crippen molar-refractivity contribution in [1.82, 2.24) is 0 Å². The summed E-state index contributed by atoms with van der Waals surface area (Å²) in [6, 6.07) is 6.76. The number of sulfone groups is 1. The second kappa shape index (κ2) is 3.73. The van der Waals surface area contributed by atoms with Crippen molar-refractivity contribution in [3.63, 3.8) is 0 Å². The van der Waals surface area contributed by atoms with Crippen LogP contribution in [0.25, 0.3) is 0 Å². The van der Waals surface area contributed by atoms with Crippen LogP contribution in [0.5, 0.6) is 5.75 Å². The summed E-state index contributed by atoms with van der Waals surface area (Å²) in [7, 11) is -2.87. The average molecular weight is 227 g/mol. The Kier molecular flexibility index (Phi) is 2.56. The first-order valence-corrected chi connectivity index (χ1v) is 6.64. The first-order valence-electron chi connectivity index (χ1n) is 4.82. The lowest BCUT2D eigenvalue weighted by Gasteiger charge is -2.13. The fourth-order valence-corrected chi connectivity index (χ4v) is 3.40. The van der Waals surface area contributed by atoms with E-state index in [1.807, 2.05) is 0 Å². The van der Waals surface area contributed by atoms with E-state index in [2.05, 4.69) is 5.32 Å². The van der Waals surface area contributed by atoms with Crippen molar-refractivity contribution in [3.05, 3.63) is 24.3 Å². The molecule has 1 saturated heterocycles. The van der Waals surface area contributed by atoms with Gasteiger partial charge in [-0.2, -0.15) is 0 Å². The van der Waals surface area contributed by atoms with Gasteiger partial charge in [0.1, 0.15) is 5.75 Å². The summed E-state index contributed by atoms with van der Waals surface area (Å²) in [5.74, 6) is 0.543. The molecule has 1 fully saturated rings. The van der Waals surface area contributed by atoms with Crippen LogP contribution < -0.4 is 5.32 Å². The fourth-order valence-electron chi connectivity index (χ4n) is 1.72. The summed E-state index contributed by atoms with van der Waals surface area (Å²) in [6.07, 6.45) is 0.608. The van der Waals surface area contributed by atoms with Gasteiger partial charge in [0.05, 0.1) is 17.2 Å². The molecule has 1 aromatic carbocycles. The lowest BCUT2D eigenvalue weighted by atomic mass is 10.2. The van der Waals surface area contributed by atoms with E-state index in [0.717, 1.165) is 0 Å². The number of rotatable bonds is 2. The summed E-state index contributed by atoms with van der Waals surface area (Å²) >= 11 is 0. The Bertz CT molecular complexity index is 455. The molecule has 1 unspecified atom stereocenters. The van der Waals surface area contributed by atoms with Crippen LogP contribution in [0.3, 0.4) is 0 Å². The summed E-state index contributed by atoms with van der Waals surface area (Å²) < 4.78 is 22.4. The molecule has 0 saturated carbocycles. The topological polar surface area (TPSA) is 66.4 Å². The second-order valence-electron chi connectivity index (χ2n) is 3.76. The Morgan fingerprint density at radius 1 is 1.33 bits per heavy atom. The first-order chi connectivity index (χ1) is 7.07. The average Bonchev–Trinajstić information content (AvgIpc) is 2.50. The Morgan fingerprint density at radius 3 is 2.67 bits per heavy atom. The van der Waals surface area contributed by atoms with Crippen LogP contribution in [0.1, 0.15) is 6.42 Å². The molecule has 15 heavy (non-hydrogen) atoms. The summed E-state index contributed by atoms with van der Waals surface area (Å²) in [4.78, 5) is 0. The number of hydrogen-bond donors (Lipinski definition) is 2. The third-order valence-corrected chi connectivity index (χ3v) is 4.26. The number of aromatic hydroxyl groups is 1. The zero-order valence-corrected chi connectivity index (χ0v) is 9.00. The van der Waals surface area contributed by atoms with Crippen LogP contribution in [0, 0.1) is 0 Å². The molecule has 0 bridgehead atoms. The van der Waals surface area contributed by atoms with E-state index >= 15 is 0 Å². The van der Waals surface area contributed by atoms with E-state index in [0.29, 0.717) is 12.1 Å². The molecule has 0 aliphatic carbocycles. The molecule has 0 aromatic heterocycles. The van der Waals surface area contributed by atoms with E-state index in [-0.39, 0.29) is 23.3 Å². The first kappa shape index (κ1) is 10.3. The van der Waals surface area contributed by atoms with Gasteiger partial charge in [0.25, 0.3) is 0 Å². The Labute approximate surface area is 88.9 Å². The molecule has 0 radical (unpaired) electrons. The minimum absolute atomic E-state index is 0.0803. The van der Waals surface area contributed by atoms with Gasteiger partial charge in [-0.25, -0.2) is 8.42 Å². The van der Waals surface area contributed by atoms with Gasteiger partial charge in [-0.15, -0.1) is 0 Å². The van der Waals surface area contributed by atoms with Crippen molar-refractivity contribution in [1.29, 1.82) is 0 Å².